The number of thioether (sulfide) groups is 2. The zero-order valence-electron chi connectivity index (χ0n) is 12.5. The highest BCUT2D eigenvalue weighted by Crippen LogP contribution is 2.28. The van der Waals surface area contributed by atoms with Crippen LogP contribution in [0.5, 0.6) is 0 Å². The Morgan fingerprint density at radius 2 is 2.05 bits per heavy atom. The third-order valence-corrected chi connectivity index (χ3v) is 5.56. The quantitative estimate of drug-likeness (QED) is 0.641. The van der Waals surface area contributed by atoms with E-state index >= 15 is 0 Å². The number of amides is 1. The van der Waals surface area contributed by atoms with Gasteiger partial charge in [0, 0.05) is 21.7 Å². The largest absolute Gasteiger partial charge is 0.325 e. The SMILES string of the molecule is Cc1csc(SCC(=O)Nc2c(C)cc(SC#N)cc2C)n1. The topological polar surface area (TPSA) is 65.8 Å². The summed E-state index contributed by atoms with van der Waals surface area (Å²) in [6.07, 6.45) is 0. The number of anilines is 1. The molecule has 0 unspecified atom stereocenters. The highest BCUT2D eigenvalue weighted by atomic mass is 32.2. The Labute approximate surface area is 142 Å². The number of carbonyl (C=O) groups excluding carboxylic acids is 1. The van der Waals surface area contributed by atoms with Crippen molar-refractivity contribution in [2.75, 3.05) is 11.1 Å². The molecule has 2 aromatic rings. The Balaban J connectivity index is 2.00. The lowest BCUT2D eigenvalue weighted by atomic mass is 10.1. The maximum absolute atomic E-state index is 12.1. The minimum absolute atomic E-state index is 0.0512. The van der Waals surface area contributed by atoms with Gasteiger partial charge >= 0.3 is 0 Å². The summed E-state index contributed by atoms with van der Waals surface area (Å²) < 4.78 is 0.905. The average Bonchev–Trinajstić information content (AvgIpc) is 2.87. The number of hydrogen-bond donors (Lipinski definition) is 1. The van der Waals surface area contributed by atoms with E-state index < -0.39 is 0 Å². The van der Waals surface area contributed by atoms with Crippen LogP contribution in [0.3, 0.4) is 0 Å². The van der Waals surface area contributed by atoms with Crippen molar-refractivity contribution in [1.82, 2.24) is 4.98 Å². The van der Waals surface area contributed by atoms with Gasteiger partial charge in [-0.05, 0) is 55.8 Å². The van der Waals surface area contributed by atoms with Crippen LogP contribution in [0.1, 0.15) is 16.8 Å². The number of hydrogen-bond acceptors (Lipinski definition) is 6. The average molecular weight is 350 g/mol. The zero-order chi connectivity index (χ0) is 16.1. The molecular formula is C15H15N3OS3. The van der Waals surface area contributed by atoms with Crippen LogP contribution in [-0.2, 0) is 4.79 Å². The van der Waals surface area contributed by atoms with E-state index in [1.54, 1.807) is 11.3 Å². The fourth-order valence-electron chi connectivity index (χ4n) is 1.93. The van der Waals surface area contributed by atoms with Gasteiger partial charge < -0.3 is 5.32 Å². The van der Waals surface area contributed by atoms with Crippen LogP contribution in [0, 0.1) is 31.4 Å². The van der Waals surface area contributed by atoms with E-state index in [4.69, 9.17) is 5.26 Å². The summed E-state index contributed by atoms with van der Waals surface area (Å²) in [6.45, 7) is 5.80. The molecule has 1 heterocycles. The number of thiocyanates is 1. The lowest BCUT2D eigenvalue weighted by Gasteiger charge is -2.12. The fraction of sp³-hybridized carbons (Fsp3) is 0.267. The number of nitrogens with zero attached hydrogens (tertiary/aromatic N) is 2. The molecule has 0 atom stereocenters. The van der Waals surface area contributed by atoms with Crippen molar-refractivity contribution >= 4 is 46.5 Å². The van der Waals surface area contributed by atoms with Crippen molar-refractivity contribution in [3.8, 4) is 5.40 Å². The number of benzene rings is 1. The number of rotatable bonds is 5. The summed E-state index contributed by atoms with van der Waals surface area (Å²) in [7, 11) is 0. The van der Waals surface area contributed by atoms with E-state index in [0.29, 0.717) is 5.75 Å². The highest BCUT2D eigenvalue weighted by molar-refractivity contribution is 8.03. The second-order valence-corrected chi connectivity index (χ2v) is 7.66. The molecule has 0 fully saturated rings. The van der Waals surface area contributed by atoms with Crippen LogP contribution in [0.2, 0.25) is 0 Å². The number of thiazole rings is 1. The number of carbonyl (C=O) groups is 1. The van der Waals surface area contributed by atoms with Gasteiger partial charge in [0.1, 0.15) is 5.40 Å². The maximum Gasteiger partial charge on any atom is 0.234 e. The molecule has 7 heteroatoms. The molecule has 0 saturated heterocycles. The molecule has 0 aliphatic heterocycles. The molecule has 0 bridgehead atoms. The highest BCUT2D eigenvalue weighted by Gasteiger charge is 2.11. The normalized spacial score (nSPS) is 10.3. The van der Waals surface area contributed by atoms with Crippen LogP contribution in [0.4, 0.5) is 5.69 Å². The summed E-state index contributed by atoms with van der Waals surface area (Å²) in [6, 6.07) is 3.82. The van der Waals surface area contributed by atoms with Crippen LogP contribution in [-0.4, -0.2) is 16.6 Å². The molecule has 22 heavy (non-hydrogen) atoms. The van der Waals surface area contributed by atoms with Gasteiger partial charge in [0.2, 0.25) is 5.91 Å². The Bertz CT molecular complexity index is 711. The van der Waals surface area contributed by atoms with E-state index in [0.717, 1.165) is 43.5 Å². The Morgan fingerprint density at radius 3 is 2.59 bits per heavy atom. The summed E-state index contributed by atoms with van der Waals surface area (Å²) >= 11 is 4.11. The van der Waals surface area contributed by atoms with Crippen molar-refractivity contribution in [1.29, 1.82) is 5.26 Å². The number of nitrogens with one attached hydrogen (secondary N) is 1. The van der Waals surface area contributed by atoms with Crippen LogP contribution < -0.4 is 5.32 Å². The van der Waals surface area contributed by atoms with Crippen LogP contribution in [0.15, 0.2) is 26.7 Å². The first-order valence-electron chi connectivity index (χ1n) is 6.51. The lowest BCUT2D eigenvalue weighted by Crippen LogP contribution is -2.15. The van der Waals surface area contributed by atoms with Gasteiger partial charge in [0.05, 0.1) is 5.75 Å². The zero-order valence-corrected chi connectivity index (χ0v) is 14.9. The van der Waals surface area contributed by atoms with E-state index in [-0.39, 0.29) is 5.91 Å². The molecule has 1 aromatic heterocycles. The summed E-state index contributed by atoms with van der Waals surface area (Å²) in [5.74, 6) is 0.283. The third kappa shape index (κ3) is 4.50. The van der Waals surface area contributed by atoms with Gasteiger partial charge in [0.15, 0.2) is 4.34 Å². The van der Waals surface area contributed by atoms with Crippen LogP contribution >= 0.6 is 34.9 Å². The van der Waals surface area contributed by atoms with Gasteiger partial charge in [0.25, 0.3) is 0 Å². The maximum atomic E-state index is 12.1. The van der Waals surface area contributed by atoms with Crippen LogP contribution in [0.25, 0.3) is 0 Å². The minimum Gasteiger partial charge on any atom is -0.325 e. The fourth-order valence-corrected chi connectivity index (χ4v) is 4.16. The van der Waals surface area contributed by atoms with Crippen molar-refractivity contribution in [2.45, 2.75) is 30.0 Å². The molecule has 0 saturated carbocycles. The first kappa shape index (κ1) is 16.9. The van der Waals surface area contributed by atoms with E-state index in [2.05, 4.69) is 15.7 Å². The van der Waals surface area contributed by atoms with Crippen molar-refractivity contribution in [3.63, 3.8) is 0 Å². The van der Waals surface area contributed by atoms with Gasteiger partial charge in [-0.3, -0.25) is 4.79 Å². The monoisotopic (exact) mass is 349 g/mol. The molecular weight excluding hydrogens is 334 g/mol. The molecule has 2 rings (SSSR count). The summed E-state index contributed by atoms with van der Waals surface area (Å²) in [5.41, 5.74) is 3.72. The molecule has 1 aromatic carbocycles. The standard InChI is InChI=1S/C15H15N3OS3/c1-9-4-12(22-8-16)5-10(2)14(9)18-13(19)7-21-15-17-11(3)6-20-15/h4-6H,7H2,1-3H3,(H,18,19). The van der Waals surface area contributed by atoms with Crippen molar-refractivity contribution < 1.29 is 4.79 Å². The Kier molecular flexibility index (Phi) is 5.89. The van der Waals surface area contributed by atoms with Gasteiger partial charge in [-0.1, -0.05) is 11.8 Å². The molecule has 4 nitrogen and oxygen atoms in total. The van der Waals surface area contributed by atoms with Gasteiger partial charge in [-0.2, -0.15) is 5.26 Å². The number of aryl methyl sites for hydroxylation is 3. The predicted molar refractivity (Wildman–Crippen MR) is 93.6 cm³/mol. The predicted octanol–water partition coefficient (Wildman–Crippen LogP) is 4.37. The smallest absolute Gasteiger partial charge is 0.234 e. The summed E-state index contributed by atoms with van der Waals surface area (Å²) in [4.78, 5) is 17.3. The molecule has 1 amide bonds. The van der Waals surface area contributed by atoms with Crippen molar-refractivity contribution in [2.24, 2.45) is 0 Å². The minimum atomic E-state index is -0.0512. The van der Waals surface area contributed by atoms with E-state index in [1.165, 1.54) is 11.8 Å². The Morgan fingerprint density at radius 1 is 1.36 bits per heavy atom. The molecule has 0 spiro atoms. The Hall–Kier alpha value is -1.49. The molecule has 114 valence electrons. The molecule has 0 radical (unpaired) electrons. The van der Waals surface area contributed by atoms with Gasteiger partial charge in [-0.25, -0.2) is 4.98 Å². The summed E-state index contributed by atoms with van der Waals surface area (Å²) in [5, 5.41) is 15.7. The second kappa shape index (κ2) is 7.68. The molecule has 0 aliphatic carbocycles. The lowest BCUT2D eigenvalue weighted by molar-refractivity contribution is -0.113. The van der Waals surface area contributed by atoms with Gasteiger partial charge in [-0.15, -0.1) is 11.3 Å². The third-order valence-electron chi connectivity index (χ3n) is 2.86. The second-order valence-electron chi connectivity index (χ2n) is 4.72. The molecule has 0 aliphatic rings. The number of aromatic nitrogens is 1. The molecule has 1 N–H and O–H groups in total. The number of nitriles is 1. The van der Waals surface area contributed by atoms with E-state index in [9.17, 15) is 4.79 Å². The van der Waals surface area contributed by atoms with E-state index in [1.807, 2.05) is 38.3 Å². The first-order valence-corrected chi connectivity index (χ1v) is 9.19. The van der Waals surface area contributed by atoms with Crippen molar-refractivity contribution in [3.05, 3.63) is 34.3 Å². The first-order chi connectivity index (χ1) is 10.5.